The summed E-state index contributed by atoms with van der Waals surface area (Å²) in [5.74, 6) is 1.10. The molecule has 2 heterocycles. The molecule has 0 spiro atoms. The summed E-state index contributed by atoms with van der Waals surface area (Å²) in [7, 11) is 2.25. The average molecular weight is 334 g/mol. The van der Waals surface area contributed by atoms with Gasteiger partial charge in [-0.1, -0.05) is 26.2 Å². The lowest BCUT2D eigenvalue weighted by atomic mass is 9.79. The Balaban J connectivity index is 1.60. The van der Waals surface area contributed by atoms with Crippen molar-refractivity contribution in [2.75, 3.05) is 39.8 Å². The first-order valence-electron chi connectivity index (χ1n) is 9.91. The molecule has 4 nitrogen and oxygen atoms in total. The SMILES string of the molecule is CCC(Cc1ccco1)NCC1(N2CCN(C)CC2)CCCCC1. The molecule has 0 radical (unpaired) electrons. The third-order valence-electron chi connectivity index (χ3n) is 6.20. The summed E-state index contributed by atoms with van der Waals surface area (Å²) in [4.78, 5) is 5.27. The summed E-state index contributed by atoms with van der Waals surface area (Å²) >= 11 is 0. The first kappa shape index (κ1) is 18.0. The van der Waals surface area contributed by atoms with E-state index in [1.54, 1.807) is 6.26 Å². The molecule has 0 aromatic carbocycles. The van der Waals surface area contributed by atoms with E-state index in [0.717, 1.165) is 25.1 Å². The minimum atomic E-state index is 0.385. The van der Waals surface area contributed by atoms with Crippen LogP contribution in [0, 0.1) is 0 Å². The second kappa shape index (κ2) is 8.50. The Hall–Kier alpha value is -0.840. The number of furan rings is 1. The van der Waals surface area contributed by atoms with Gasteiger partial charge in [0.15, 0.2) is 0 Å². The Bertz CT molecular complexity index is 459. The quantitative estimate of drug-likeness (QED) is 0.831. The van der Waals surface area contributed by atoms with Crippen molar-refractivity contribution in [3.63, 3.8) is 0 Å². The van der Waals surface area contributed by atoms with E-state index in [-0.39, 0.29) is 0 Å². The summed E-state index contributed by atoms with van der Waals surface area (Å²) in [5.41, 5.74) is 0.385. The summed E-state index contributed by atoms with van der Waals surface area (Å²) < 4.78 is 5.55. The molecule has 1 aromatic heterocycles. The van der Waals surface area contributed by atoms with Crippen LogP contribution in [0.3, 0.4) is 0 Å². The Labute approximate surface area is 147 Å². The van der Waals surface area contributed by atoms with E-state index >= 15 is 0 Å². The molecule has 136 valence electrons. The second-order valence-electron chi connectivity index (χ2n) is 7.84. The molecule has 1 aliphatic carbocycles. The van der Waals surface area contributed by atoms with Gasteiger partial charge in [0.25, 0.3) is 0 Å². The van der Waals surface area contributed by atoms with Crippen LogP contribution in [-0.2, 0) is 6.42 Å². The molecule has 2 fully saturated rings. The molecule has 24 heavy (non-hydrogen) atoms. The van der Waals surface area contributed by atoms with Gasteiger partial charge in [0.2, 0.25) is 0 Å². The summed E-state index contributed by atoms with van der Waals surface area (Å²) in [5, 5.41) is 3.91. The predicted molar refractivity (Wildman–Crippen MR) is 99.4 cm³/mol. The lowest BCUT2D eigenvalue weighted by Gasteiger charge is -2.50. The molecule has 1 N–H and O–H groups in total. The summed E-state index contributed by atoms with van der Waals surface area (Å²) in [6.07, 6.45) is 10.9. The van der Waals surface area contributed by atoms with Gasteiger partial charge >= 0.3 is 0 Å². The van der Waals surface area contributed by atoms with E-state index in [2.05, 4.69) is 35.2 Å². The number of rotatable bonds is 7. The van der Waals surface area contributed by atoms with Gasteiger partial charge in [-0.3, -0.25) is 4.90 Å². The van der Waals surface area contributed by atoms with Gasteiger partial charge in [0.1, 0.15) is 5.76 Å². The van der Waals surface area contributed by atoms with Crippen molar-refractivity contribution in [3.05, 3.63) is 24.2 Å². The van der Waals surface area contributed by atoms with Crippen molar-refractivity contribution in [1.82, 2.24) is 15.1 Å². The second-order valence-corrected chi connectivity index (χ2v) is 7.84. The van der Waals surface area contributed by atoms with E-state index in [0.29, 0.717) is 11.6 Å². The van der Waals surface area contributed by atoms with E-state index < -0.39 is 0 Å². The highest BCUT2D eigenvalue weighted by molar-refractivity contribution is 5.02. The number of piperazine rings is 1. The molecule has 1 saturated carbocycles. The number of hydrogen-bond donors (Lipinski definition) is 1. The van der Waals surface area contributed by atoms with Crippen molar-refractivity contribution in [2.45, 2.75) is 63.5 Å². The van der Waals surface area contributed by atoms with Crippen molar-refractivity contribution in [1.29, 1.82) is 0 Å². The molecule has 2 aliphatic rings. The zero-order valence-corrected chi connectivity index (χ0v) is 15.6. The monoisotopic (exact) mass is 333 g/mol. The van der Waals surface area contributed by atoms with Crippen LogP contribution in [0.2, 0.25) is 0 Å². The lowest BCUT2D eigenvalue weighted by Crippen LogP contribution is -2.61. The van der Waals surface area contributed by atoms with Crippen LogP contribution in [0.1, 0.15) is 51.2 Å². The fourth-order valence-electron chi connectivity index (χ4n) is 4.46. The van der Waals surface area contributed by atoms with Crippen LogP contribution in [0.4, 0.5) is 0 Å². The van der Waals surface area contributed by atoms with Gasteiger partial charge in [0.05, 0.1) is 6.26 Å². The maximum absolute atomic E-state index is 5.55. The van der Waals surface area contributed by atoms with Crippen molar-refractivity contribution in [3.8, 4) is 0 Å². The molecular formula is C20H35N3O. The smallest absolute Gasteiger partial charge is 0.105 e. The molecule has 3 rings (SSSR count). The Morgan fingerprint density at radius 1 is 1.17 bits per heavy atom. The molecule has 1 unspecified atom stereocenters. The highest BCUT2D eigenvalue weighted by atomic mass is 16.3. The highest BCUT2D eigenvalue weighted by Gasteiger charge is 2.39. The fourth-order valence-corrected chi connectivity index (χ4v) is 4.46. The molecule has 0 amide bonds. The van der Waals surface area contributed by atoms with Crippen LogP contribution in [0.5, 0.6) is 0 Å². The zero-order chi connectivity index (χ0) is 16.8. The van der Waals surface area contributed by atoms with E-state index in [1.165, 1.54) is 58.3 Å². The van der Waals surface area contributed by atoms with Gasteiger partial charge in [-0.05, 0) is 38.4 Å². The van der Waals surface area contributed by atoms with Gasteiger partial charge in [-0.15, -0.1) is 0 Å². The maximum Gasteiger partial charge on any atom is 0.105 e. The molecule has 0 bridgehead atoms. The van der Waals surface area contributed by atoms with Crippen LogP contribution >= 0.6 is 0 Å². The largest absolute Gasteiger partial charge is 0.469 e. The minimum Gasteiger partial charge on any atom is -0.469 e. The first-order chi connectivity index (χ1) is 11.7. The summed E-state index contributed by atoms with van der Waals surface area (Å²) in [6, 6.07) is 4.61. The van der Waals surface area contributed by atoms with Gasteiger partial charge < -0.3 is 14.6 Å². The summed E-state index contributed by atoms with van der Waals surface area (Å²) in [6.45, 7) is 8.30. The Morgan fingerprint density at radius 3 is 2.54 bits per heavy atom. The molecule has 1 aliphatic heterocycles. The van der Waals surface area contributed by atoms with Crippen LogP contribution in [0.15, 0.2) is 22.8 Å². The van der Waals surface area contributed by atoms with Gasteiger partial charge in [-0.2, -0.15) is 0 Å². The van der Waals surface area contributed by atoms with Crippen LogP contribution < -0.4 is 5.32 Å². The first-order valence-corrected chi connectivity index (χ1v) is 9.91. The number of nitrogens with zero attached hydrogens (tertiary/aromatic N) is 2. The molecule has 1 aromatic rings. The normalized spacial score (nSPS) is 24.1. The zero-order valence-electron chi connectivity index (χ0n) is 15.6. The van der Waals surface area contributed by atoms with E-state index in [9.17, 15) is 0 Å². The maximum atomic E-state index is 5.55. The molecule has 1 atom stereocenters. The topological polar surface area (TPSA) is 31.7 Å². The van der Waals surface area contributed by atoms with Crippen molar-refractivity contribution in [2.24, 2.45) is 0 Å². The van der Waals surface area contributed by atoms with Crippen molar-refractivity contribution >= 4 is 0 Å². The molecular weight excluding hydrogens is 298 g/mol. The van der Waals surface area contributed by atoms with Crippen LogP contribution in [-0.4, -0.2) is 61.2 Å². The third kappa shape index (κ3) is 4.41. The Morgan fingerprint density at radius 2 is 1.92 bits per heavy atom. The van der Waals surface area contributed by atoms with E-state index in [1.807, 2.05) is 6.07 Å². The predicted octanol–water partition coefficient (Wildman–Crippen LogP) is 3.14. The fraction of sp³-hybridized carbons (Fsp3) is 0.800. The van der Waals surface area contributed by atoms with Crippen LogP contribution in [0.25, 0.3) is 0 Å². The average Bonchev–Trinajstić information content (AvgIpc) is 3.13. The molecule has 1 saturated heterocycles. The van der Waals surface area contributed by atoms with Gasteiger partial charge in [0, 0.05) is 50.7 Å². The number of hydrogen-bond acceptors (Lipinski definition) is 4. The lowest BCUT2D eigenvalue weighted by molar-refractivity contribution is 0.0119. The number of nitrogens with one attached hydrogen (secondary N) is 1. The standard InChI is InChI=1S/C20H35N3O/c1-3-18(16-19-8-7-15-24-19)21-17-20(9-5-4-6-10-20)23-13-11-22(2)12-14-23/h7-8,15,18,21H,3-6,9-14,16-17H2,1-2H3. The third-order valence-corrected chi connectivity index (χ3v) is 6.20. The van der Waals surface area contributed by atoms with Crippen molar-refractivity contribution < 1.29 is 4.42 Å². The minimum absolute atomic E-state index is 0.385. The highest BCUT2D eigenvalue weighted by Crippen LogP contribution is 2.34. The number of likely N-dealkylation sites (N-methyl/N-ethyl adjacent to an activating group) is 1. The van der Waals surface area contributed by atoms with E-state index in [4.69, 9.17) is 4.42 Å². The van der Waals surface area contributed by atoms with Gasteiger partial charge in [-0.25, -0.2) is 0 Å². The Kier molecular flexibility index (Phi) is 6.37. The molecule has 4 heteroatoms.